The van der Waals surface area contributed by atoms with Crippen molar-refractivity contribution in [2.24, 2.45) is 0 Å². The van der Waals surface area contributed by atoms with Crippen LogP contribution in [0.2, 0.25) is 0 Å². The summed E-state index contributed by atoms with van der Waals surface area (Å²) in [5, 5.41) is 16.6. The van der Waals surface area contributed by atoms with Gasteiger partial charge in [-0.05, 0) is 12.8 Å². The molecule has 4 nitrogen and oxygen atoms in total. The van der Waals surface area contributed by atoms with Crippen LogP contribution in [0.5, 0.6) is 0 Å². The van der Waals surface area contributed by atoms with Crippen LogP contribution in [0.1, 0.15) is 71.2 Å². The van der Waals surface area contributed by atoms with Crippen molar-refractivity contribution in [1.82, 2.24) is 0 Å². The lowest BCUT2D eigenvalue weighted by Gasteiger charge is -2.03. The summed E-state index contributed by atoms with van der Waals surface area (Å²) in [6.07, 6.45) is 0.978. The van der Waals surface area contributed by atoms with E-state index in [1.54, 1.807) is 0 Å². The first-order chi connectivity index (χ1) is 8.14. The van der Waals surface area contributed by atoms with E-state index in [-0.39, 0.29) is 64.4 Å². The average molecular weight is 357 g/mol. The molecule has 0 amide bonds. The summed E-state index contributed by atoms with van der Waals surface area (Å²) < 4.78 is 30.6. The number of aliphatic hydroxyl groups excluding tert-OH is 2. The molecular weight excluding hydrogens is 306 g/mol. The Labute approximate surface area is 147 Å². The van der Waals surface area contributed by atoms with Crippen LogP contribution in [-0.4, -0.2) is 56.8 Å². The van der Waals surface area contributed by atoms with E-state index in [1.165, 1.54) is 7.11 Å². The highest BCUT2D eigenvalue weighted by Gasteiger charge is 1.97. The fraction of sp³-hybridized carbons (Fsp3) is 1.00. The summed E-state index contributed by atoms with van der Waals surface area (Å²) in [5.41, 5.74) is 0. The lowest BCUT2D eigenvalue weighted by atomic mass is 10.3. The van der Waals surface area contributed by atoms with Gasteiger partial charge in [0.15, 0.2) is 6.86 Å². The van der Waals surface area contributed by atoms with E-state index in [4.69, 9.17) is 10.2 Å². The smallest absolute Gasteiger partial charge is 0.188 e. The molecule has 0 saturated heterocycles. The third-order valence-electron chi connectivity index (χ3n) is 1.36. The van der Waals surface area contributed by atoms with Gasteiger partial charge in [-0.25, -0.2) is 8.78 Å². The standard InChI is InChI=1S/C5H11FO2.C3H7FO.C3H8O.6CH4/c1-2-5(7)3-8-4-6;1-5-3-2-4;1-2-3-4;;;;;;/h5,7H,2-4H2,1H3;2-3H2,1H3;4H,2-3H2,1H3;6*1H4. The Morgan fingerprint density at radius 2 is 1.35 bits per heavy atom. The quantitative estimate of drug-likeness (QED) is 0.631. The second-order valence-electron chi connectivity index (χ2n) is 2.95. The van der Waals surface area contributed by atoms with E-state index < -0.39 is 13.0 Å². The average Bonchev–Trinajstić information content (AvgIpc) is 2.37. The van der Waals surface area contributed by atoms with Crippen molar-refractivity contribution in [2.75, 3.05) is 40.5 Å². The lowest BCUT2D eigenvalue weighted by molar-refractivity contribution is -0.00439. The van der Waals surface area contributed by atoms with Gasteiger partial charge in [-0.15, -0.1) is 0 Å². The molecular formula is C17H50F2O4. The molecule has 1 atom stereocenters. The number of alkyl halides is 2. The Morgan fingerprint density at radius 3 is 1.48 bits per heavy atom. The molecule has 0 aromatic carbocycles. The highest BCUT2D eigenvalue weighted by Crippen LogP contribution is 1.89. The van der Waals surface area contributed by atoms with Crippen LogP contribution in [0.4, 0.5) is 8.78 Å². The van der Waals surface area contributed by atoms with Crippen molar-refractivity contribution in [3.8, 4) is 0 Å². The molecule has 1 unspecified atom stereocenters. The Kier molecular flexibility index (Phi) is 168. The normalized spacial score (nSPS) is 7.96. The number of hydrogen-bond donors (Lipinski definition) is 2. The van der Waals surface area contributed by atoms with Crippen LogP contribution >= 0.6 is 0 Å². The topological polar surface area (TPSA) is 58.9 Å². The molecule has 0 aliphatic heterocycles. The summed E-state index contributed by atoms with van der Waals surface area (Å²) in [4.78, 5) is 0. The minimum atomic E-state index is -0.808. The summed E-state index contributed by atoms with van der Waals surface area (Å²) in [6, 6.07) is 0. The van der Waals surface area contributed by atoms with Gasteiger partial charge < -0.3 is 19.7 Å². The van der Waals surface area contributed by atoms with Crippen LogP contribution in [0.3, 0.4) is 0 Å². The first-order valence-corrected chi connectivity index (χ1v) is 5.61. The van der Waals surface area contributed by atoms with E-state index in [0.29, 0.717) is 13.0 Å². The fourth-order valence-electron chi connectivity index (χ4n) is 0.376. The van der Waals surface area contributed by atoms with E-state index in [1.807, 2.05) is 13.8 Å². The lowest BCUT2D eigenvalue weighted by Crippen LogP contribution is -2.12. The third-order valence-corrected chi connectivity index (χ3v) is 1.36. The SMILES string of the molecule is C.C.C.C.C.C.CCC(O)COCF.CCCO.COCCF. The molecule has 0 fully saturated rings. The zero-order valence-electron chi connectivity index (χ0n) is 11.0. The van der Waals surface area contributed by atoms with Crippen LogP contribution < -0.4 is 0 Å². The fourth-order valence-corrected chi connectivity index (χ4v) is 0.376. The van der Waals surface area contributed by atoms with Crippen molar-refractivity contribution in [3.05, 3.63) is 0 Å². The maximum absolute atomic E-state index is 11.2. The summed E-state index contributed by atoms with van der Waals surface area (Å²) in [5.74, 6) is 0. The zero-order valence-corrected chi connectivity index (χ0v) is 11.0. The number of methoxy groups -OCH3 is 1. The molecule has 0 spiro atoms. The molecule has 0 aliphatic carbocycles. The molecule has 6 heteroatoms. The predicted molar refractivity (Wildman–Crippen MR) is 104 cm³/mol. The Morgan fingerprint density at radius 1 is 0.957 bits per heavy atom. The van der Waals surface area contributed by atoms with Crippen molar-refractivity contribution in [1.29, 1.82) is 0 Å². The van der Waals surface area contributed by atoms with Crippen LogP contribution in [0.15, 0.2) is 0 Å². The van der Waals surface area contributed by atoms with Crippen LogP contribution in [0, 0.1) is 0 Å². The van der Waals surface area contributed by atoms with E-state index in [2.05, 4.69) is 9.47 Å². The molecule has 156 valence electrons. The van der Waals surface area contributed by atoms with Crippen LogP contribution in [-0.2, 0) is 9.47 Å². The summed E-state index contributed by atoms with van der Waals surface area (Å²) in [6.45, 7) is 3.20. The minimum absolute atomic E-state index is 0. The number of ether oxygens (including phenoxy) is 2. The molecule has 0 rings (SSSR count). The van der Waals surface area contributed by atoms with Gasteiger partial charge in [0.1, 0.15) is 6.67 Å². The van der Waals surface area contributed by atoms with Gasteiger partial charge in [0.25, 0.3) is 0 Å². The van der Waals surface area contributed by atoms with Gasteiger partial charge in [0.2, 0.25) is 0 Å². The molecule has 0 aliphatic rings. The molecule has 0 radical (unpaired) electrons. The number of aliphatic hydroxyl groups is 2. The maximum atomic E-state index is 11.2. The number of halogens is 2. The number of rotatable bonds is 7. The van der Waals surface area contributed by atoms with Crippen molar-refractivity contribution >= 4 is 0 Å². The van der Waals surface area contributed by atoms with Gasteiger partial charge in [0.05, 0.1) is 19.3 Å². The van der Waals surface area contributed by atoms with Crippen molar-refractivity contribution < 1.29 is 28.5 Å². The monoisotopic (exact) mass is 356 g/mol. The van der Waals surface area contributed by atoms with E-state index >= 15 is 0 Å². The minimum Gasteiger partial charge on any atom is -0.396 e. The third kappa shape index (κ3) is 111. The second kappa shape index (κ2) is 67.9. The first-order valence-electron chi connectivity index (χ1n) is 5.61. The molecule has 23 heavy (non-hydrogen) atoms. The first kappa shape index (κ1) is 57.0. The molecule has 0 aromatic rings. The predicted octanol–water partition coefficient (Wildman–Crippen LogP) is 5.51. The molecule has 0 bridgehead atoms. The van der Waals surface area contributed by atoms with Gasteiger partial charge in [0, 0.05) is 13.7 Å². The van der Waals surface area contributed by atoms with Crippen molar-refractivity contribution in [3.63, 3.8) is 0 Å². The largest absolute Gasteiger partial charge is 0.396 e. The van der Waals surface area contributed by atoms with Gasteiger partial charge in [-0.3, -0.25) is 0 Å². The Bertz CT molecular complexity index is 107. The molecule has 0 aromatic heterocycles. The molecule has 0 heterocycles. The molecule has 0 saturated carbocycles. The van der Waals surface area contributed by atoms with Gasteiger partial charge in [-0.1, -0.05) is 58.4 Å². The van der Waals surface area contributed by atoms with Gasteiger partial charge in [-0.2, -0.15) is 0 Å². The second-order valence-corrected chi connectivity index (χ2v) is 2.95. The summed E-state index contributed by atoms with van der Waals surface area (Å²) >= 11 is 0. The maximum Gasteiger partial charge on any atom is 0.188 e. The highest BCUT2D eigenvalue weighted by atomic mass is 19.1. The summed E-state index contributed by atoms with van der Waals surface area (Å²) in [7, 11) is 1.47. The van der Waals surface area contributed by atoms with Crippen LogP contribution in [0.25, 0.3) is 0 Å². The number of hydrogen-bond acceptors (Lipinski definition) is 4. The van der Waals surface area contributed by atoms with Gasteiger partial charge >= 0.3 is 0 Å². The zero-order chi connectivity index (χ0) is 13.9. The van der Waals surface area contributed by atoms with Crippen molar-refractivity contribution in [2.45, 2.75) is 77.4 Å². The Balaban J connectivity index is -0.0000000169. The van der Waals surface area contributed by atoms with E-state index in [9.17, 15) is 8.78 Å². The van der Waals surface area contributed by atoms with E-state index in [0.717, 1.165) is 6.42 Å². The highest BCUT2D eigenvalue weighted by molar-refractivity contribution is 4.46. The Hall–Kier alpha value is -0.300. The molecule has 2 N–H and O–H groups in total.